The Morgan fingerprint density at radius 3 is 2.59 bits per heavy atom. The largest absolute Gasteiger partial charge is 0.500 e. The Labute approximate surface area is 160 Å². The molecule has 2 aromatic carbocycles. The molecule has 0 heterocycles. The summed E-state index contributed by atoms with van der Waals surface area (Å²) in [5, 5.41) is 27.9. The first kappa shape index (κ1) is 19.9. The van der Waals surface area contributed by atoms with Gasteiger partial charge in [-0.15, -0.1) is 0 Å². The molecule has 0 unspecified atom stereocenters. The molecule has 27 heavy (non-hydrogen) atoms. The van der Waals surface area contributed by atoms with E-state index in [0.29, 0.717) is 12.1 Å². The summed E-state index contributed by atoms with van der Waals surface area (Å²) in [5.41, 5.74) is 3.51. The lowest BCUT2D eigenvalue weighted by Gasteiger charge is -2.08. The number of hydrogen-bond donors (Lipinski definition) is 3. The Morgan fingerprint density at radius 2 is 2.00 bits per heavy atom. The first-order chi connectivity index (χ1) is 12.9. The molecule has 0 saturated heterocycles. The van der Waals surface area contributed by atoms with Gasteiger partial charge in [-0.1, -0.05) is 12.1 Å². The van der Waals surface area contributed by atoms with Crippen molar-refractivity contribution in [2.24, 2.45) is 5.10 Å². The molecule has 0 radical (unpaired) electrons. The summed E-state index contributed by atoms with van der Waals surface area (Å²) in [5.74, 6) is 0.206. The summed E-state index contributed by atoms with van der Waals surface area (Å²) in [7, 11) is 2.90. The maximum Gasteiger partial charge on any atom is 0.315 e. The lowest BCUT2D eigenvalue weighted by Crippen LogP contribution is -2.31. The van der Waals surface area contributed by atoms with E-state index in [1.165, 1.54) is 25.5 Å². The number of nitro benzene ring substituents is 1. The Hall–Kier alpha value is -3.40. The second kappa shape index (κ2) is 9.34. The van der Waals surface area contributed by atoms with Crippen LogP contribution in [0.1, 0.15) is 11.1 Å². The van der Waals surface area contributed by atoms with E-state index in [0.717, 1.165) is 11.3 Å². The fourth-order valence-corrected chi connectivity index (χ4v) is 2.24. The minimum Gasteiger partial charge on any atom is -0.500 e. The molecule has 142 valence electrons. The number of thiocarbonyl (C=S) groups is 1. The number of phenols is 1. The summed E-state index contributed by atoms with van der Waals surface area (Å²) in [4.78, 5) is 10.3. The molecule has 0 aliphatic rings. The standard InChI is InChI=1S/C17H18N4O5S/c1-25-13-5-3-11(4-6-13)9-18-17(27)20-19-10-12-7-14(21(23)24)16(22)15(8-12)26-2/h3-8,10,22H,9H2,1-2H3,(H2,18,20,27)/b19-10+. The van der Waals surface area contributed by atoms with Crippen LogP contribution in [0.25, 0.3) is 0 Å². The number of methoxy groups -OCH3 is 2. The van der Waals surface area contributed by atoms with Crippen molar-refractivity contribution in [1.29, 1.82) is 0 Å². The van der Waals surface area contributed by atoms with Crippen molar-refractivity contribution in [3.8, 4) is 17.2 Å². The van der Waals surface area contributed by atoms with E-state index in [1.807, 2.05) is 24.3 Å². The maximum absolute atomic E-state index is 11.0. The van der Waals surface area contributed by atoms with Gasteiger partial charge in [0.2, 0.25) is 5.75 Å². The second-order valence-corrected chi connectivity index (χ2v) is 5.66. The van der Waals surface area contributed by atoms with Gasteiger partial charge in [0.15, 0.2) is 10.9 Å². The van der Waals surface area contributed by atoms with Gasteiger partial charge in [-0.3, -0.25) is 15.5 Å². The third kappa shape index (κ3) is 5.54. The van der Waals surface area contributed by atoms with E-state index in [1.54, 1.807) is 7.11 Å². The van der Waals surface area contributed by atoms with Crippen LogP contribution >= 0.6 is 12.2 Å². The van der Waals surface area contributed by atoms with Crippen molar-refractivity contribution in [3.05, 3.63) is 57.6 Å². The van der Waals surface area contributed by atoms with Crippen LogP contribution in [-0.4, -0.2) is 35.6 Å². The lowest BCUT2D eigenvalue weighted by atomic mass is 10.2. The van der Waals surface area contributed by atoms with Gasteiger partial charge in [-0.25, -0.2) is 0 Å². The number of hydrogen-bond acceptors (Lipinski definition) is 7. The lowest BCUT2D eigenvalue weighted by molar-refractivity contribution is -0.386. The topological polar surface area (TPSA) is 118 Å². The number of nitro groups is 1. The van der Waals surface area contributed by atoms with E-state index >= 15 is 0 Å². The van der Waals surface area contributed by atoms with Crippen molar-refractivity contribution in [2.75, 3.05) is 14.2 Å². The molecular weight excluding hydrogens is 372 g/mol. The number of rotatable bonds is 7. The summed E-state index contributed by atoms with van der Waals surface area (Å²) < 4.78 is 10.0. The smallest absolute Gasteiger partial charge is 0.315 e. The third-order valence-corrected chi connectivity index (χ3v) is 3.72. The molecular formula is C17H18N4O5S. The minimum atomic E-state index is -0.705. The predicted octanol–water partition coefficient (Wildman–Crippen LogP) is 2.32. The van der Waals surface area contributed by atoms with Crippen molar-refractivity contribution >= 4 is 29.2 Å². The fourth-order valence-electron chi connectivity index (χ4n) is 2.11. The molecule has 2 rings (SSSR count). The SMILES string of the molecule is COc1ccc(CNC(=S)N/N=C/c2cc(OC)c(O)c([N+](=O)[O-])c2)cc1. The molecule has 0 saturated carbocycles. The number of phenolic OH excluding ortho intramolecular Hbond substituents is 1. The Bertz CT molecular complexity index is 855. The highest BCUT2D eigenvalue weighted by atomic mass is 32.1. The van der Waals surface area contributed by atoms with Gasteiger partial charge in [-0.05, 0) is 36.0 Å². The van der Waals surface area contributed by atoms with Crippen molar-refractivity contribution < 1.29 is 19.5 Å². The fraction of sp³-hybridized carbons (Fsp3) is 0.176. The van der Waals surface area contributed by atoms with Gasteiger partial charge >= 0.3 is 5.69 Å². The van der Waals surface area contributed by atoms with Crippen molar-refractivity contribution in [1.82, 2.24) is 10.7 Å². The Balaban J connectivity index is 1.94. The zero-order valence-electron chi connectivity index (χ0n) is 14.6. The van der Waals surface area contributed by atoms with Crippen LogP contribution in [0.15, 0.2) is 41.5 Å². The Morgan fingerprint density at radius 1 is 1.30 bits per heavy atom. The van der Waals surface area contributed by atoms with Crippen LogP contribution < -0.4 is 20.2 Å². The van der Waals surface area contributed by atoms with Gasteiger partial charge in [0.1, 0.15) is 5.75 Å². The summed E-state index contributed by atoms with van der Waals surface area (Å²) >= 11 is 5.12. The number of benzene rings is 2. The van der Waals surface area contributed by atoms with E-state index < -0.39 is 16.4 Å². The van der Waals surface area contributed by atoms with E-state index in [-0.39, 0.29) is 10.9 Å². The van der Waals surface area contributed by atoms with Crippen molar-refractivity contribution in [2.45, 2.75) is 6.54 Å². The number of hydrazone groups is 1. The molecule has 0 amide bonds. The van der Waals surface area contributed by atoms with Gasteiger partial charge < -0.3 is 19.9 Å². The van der Waals surface area contributed by atoms with Crippen molar-refractivity contribution in [3.63, 3.8) is 0 Å². The van der Waals surface area contributed by atoms with E-state index in [2.05, 4.69) is 15.8 Å². The number of aromatic hydroxyl groups is 1. The molecule has 2 aromatic rings. The summed E-state index contributed by atoms with van der Waals surface area (Å²) in [6, 6.07) is 10.1. The molecule has 0 aromatic heterocycles. The Kier molecular flexibility index (Phi) is 6.89. The van der Waals surface area contributed by atoms with Crippen LogP contribution in [0.5, 0.6) is 17.2 Å². The van der Waals surface area contributed by atoms with E-state index in [9.17, 15) is 15.2 Å². The molecule has 0 atom stereocenters. The van der Waals surface area contributed by atoms with Gasteiger partial charge in [0, 0.05) is 18.2 Å². The van der Waals surface area contributed by atoms with Gasteiger partial charge in [0.25, 0.3) is 0 Å². The first-order valence-corrected chi connectivity index (χ1v) is 8.10. The number of ether oxygens (including phenoxy) is 2. The number of nitrogens with zero attached hydrogens (tertiary/aromatic N) is 2. The zero-order chi connectivity index (χ0) is 19.8. The van der Waals surface area contributed by atoms with Gasteiger partial charge in [-0.2, -0.15) is 5.10 Å². The van der Waals surface area contributed by atoms with Gasteiger partial charge in [0.05, 0.1) is 25.4 Å². The summed E-state index contributed by atoms with van der Waals surface area (Å²) in [6.07, 6.45) is 1.33. The molecule has 0 bridgehead atoms. The van der Waals surface area contributed by atoms with Crippen LogP contribution in [-0.2, 0) is 6.54 Å². The predicted molar refractivity (Wildman–Crippen MR) is 104 cm³/mol. The normalized spacial score (nSPS) is 10.4. The van der Waals surface area contributed by atoms with E-state index in [4.69, 9.17) is 21.7 Å². The second-order valence-electron chi connectivity index (χ2n) is 5.25. The molecule has 3 N–H and O–H groups in total. The number of nitrogens with one attached hydrogen (secondary N) is 2. The maximum atomic E-state index is 11.0. The highest BCUT2D eigenvalue weighted by Gasteiger charge is 2.19. The average molecular weight is 390 g/mol. The van der Waals surface area contributed by atoms with Crippen LogP contribution in [0.4, 0.5) is 5.69 Å². The third-order valence-electron chi connectivity index (χ3n) is 3.49. The molecule has 9 nitrogen and oxygen atoms in total. The molecule has 10 heteroatoms. The molecule has 0 spiro atoms. The highest BCUT2D eigenvalue weighted by Crippen LogP contribution is 2.36. The summed E-state index contributed by atoms with van der Waals surface area (Å²) in [6.45, 7) is 0.490. The zero-order valence-corrected chi connectivity index (χ0v) is 15.4. The van der Waals surface area contributed by atoms with Crippen LogP contribution in [0.2, 0.25) is 0 Å². The molecule has 0 fully saturated rings. The quantitative estimate of drug-likeness (QED) is 0.285. The highest BCUT2D eigenvalue weighted by molar-refractivity contribution is 7.80. The minimum absolute atomic E-state index is 0.0224. The first-order valence-electron chi connectivity index (χ1n) is 7.69. The average Bonchev–Trinajstić information content (AvgIpc) is 2.67. The monoisotopic (exact) mass is 390 g/mol. The van der Waals surface area contributed by atoms with Crippen LogP contribution in [0, 0.1) is 10.1 Å². The molecule has 0 aliphatic carbocycles. The molecule has 0 aliphatic heterocycles. The van der Waals surface area contributed by atoms with Crippen LogP contribution in [0.3, 0.4) is 0 Å².